The van der Waals surface area contributed by atoms with Gasteiger partial charge in [0.15, 0.2) is 0 Å². The summed E-state index contributed by atoms with van der Waals surface area (Å²) in [6.45, 7) is -16.0. The van der Waals surface area contributed by atoms with Crippen molar-refractivity contribution in [3.05, 3.63) is 354 Å². The van der Waals surface area contributed by atoms with Gasteiger partial charge in [0.05, 0.1) is 5.48 Å². The Hall–Kier alpha value is -6.75. The molecule has 5 saturated heterocycles. The smallest absolute Gasteiger partial charge is 0.115 e. The van der Waals surface area contributed by atoms with Gasteiger partial charge in [-0.25, -0.2) is 0 Å². The van der Waals surface area contributed by atoms with Crippen LogP contribution >= 0.6 is 58.0 Å². The third-order valence-electron chi connectivity index (χ3n) is 23.0. The van der Waals surface area contributed by atoms with Crippen LogP contribution in [0.25, 0.3) is 0 Å². The van der Waals surface area contributed by atoms with E-state index in [2.05, 4.69) is 16.8 Å². The summed E-state index contributed by atoms with van der Waals surface area (Å²) in [4.78, 5) is 9.67. The molecule has 10 atom stereocenters. The number of hydrogen-bond donors (Lipinski definition) is 0. The molecule has 120 heavy (non-hydrogen) atoms. The van der Waals surface area contributed by atoms with Crippen LogP contribution in [0.4, 0.5) is 0 Å². The molecule has 10 aromatic carbocycles. The van der Waals surface area contributed by atoms with E-state index in [1.807, 2.05) is 61.5 Å². The van der Waals surface area contributed by atoms with Crippen molar-refractivity contribution in [2.45, 2.75) is 189 Å². The van der Waals surface area contributed by atoms with Gasteiger partial charge in [-0.15, -0.1) is 0 Å². The minimum Gasteiger partial charge on any atom is -0.366 e. The van der Waals surface area contributed by atoms with E-state index < -0.39 is 101 Å². The summed E-state index contributed by atoms with van der Waals surface area (Å²) in [5.74, 6) is 0. The fourth-order valence-electron chi connectivity index (χ4n) is 15.7. The Kier molecular flexibility index (Phi) is 24.7. The summed E-state index contributed by atoms with van der Waals surface area (Å²) in [5.41, 5.74) is -4.99. The molecule has 15 heteroatoms. The van der Waals surface area contributed by atoms with E-state index in [0.29, 0.717) is 108 Å². The first-order valence-corrected chi connectivity index (χ1v) is 43.2. The van der Waals surface area contributed by atoms with Crippen LogP contribution in [0.15, 0.2) is 273 Å². The summed E-state index contributed by atoms with van der Waals surface area (Å²) in [7, 11) is 7.70. The standard InChI is InChI=1S/5C21H26ClNO/c5*1-21(17-7-4-3-5-8-17,18-10-12-19(22)13-11-18)24-16-14-20-9-6-15-23(20)2/h5*3-5,7-8,10-13,20H,6,9,14-16H2,1-2H3/t5*20-,21+/m11111/s1/i1D3,14D2,16D2;1D3,16D2;1D3,14D2;1D3,2D3;1D3. The Morgan fingerprint density at radius 1 is 0.267 bits per heavy atom. The predicted molar refractivity (Wildman–Crippen MR) is 503 cm³/mol. The molecule has 0 saturated carbocycles. The van der Waals surface area contributed by atoms with E-state index >= 15 is 0 Å². The van der Waals surface area contributed by atoms with Crippen LogP contribution in [-0.4, -0.2) is 156 Å². The van der Waals surface area contributed by atoms with Crippen LogP contribution in [0, 0.1) is 0 Å². The summed E-state index contributed by atoms with van der Waals surface area (Å²) in [6, 6.07) is 75.3. The lowest BCUT2D eigenvalue weighted by Crippen LogP contribution is -2.31. The maximum atomic E-state index is 8.63. The molecule has 5 aliphatic heterocycles. The highest BCUT2D eigenvalue weighted by molar-refractivity contribution is 6.31. The number of benzene rings is 10. The van der Waals surface area contributed by atoms with Gasteiger partial charge in [-0.2, -0.15) is 0 Å². The van der Waals surface area contributed by atoms with Crippen LogP contribution < -0.4 is 0 Å². The molecule has 640 valence electrons. The molecule has 5 fully saturated rings. The Morgan fingerprint density at radius 3 is 0.767 bits per heavy atom. The molecule has 0 amide bonds. The molecule has 0 spiro atoms. The van der Waals surface area contributed by atoms with Crippen molar-refractivity contribution < 1.29 is 59.3 Å². The fraction of sp³-hybridized carbons (Fsp3) is 0.429. The van der Waals surface area contributed by atoms with Gasteiger partial charge < -0.3 is 48.2 Å². The molecule has 5 heterocycles. The summed E-state index contributed by atoms with van der Waals surface area (Å²) >= 11 is 30.1. The van der Waals surface area contributed by atoms with Gasteiger partial charge in [0.25, 0.3) is 0 Å². The van der Waals surface area contributed by atoms with Gasteiger partial charge in [0.2, 0.25) is 0 Å². The molecule has 0 aromatic heterocycles. The minimum absolute atomic E-state index is 0.0142. The van der Waals surface area contributed by atoms with Gasteiger partial charge in [-0.1, -0.05) is 270 Å². The van der Waals surface area contributed by atoms with Crippen LogP contribution in [0.3, 0.4) is 0 Å². The molecule has 15 rings (SSSR count). The average Bonchev–Trinajstić information content (AvgIpc) is 1.00. The lowest BCUT2D eigenvalue weighted by Gasteiger charge is -2.32. The monoisotopic (exact) mass is 1740 g/mol. The van der Waals surface area contributed by atoms with Crippen LogP contribution in [0.5, 0.6) is 0 Å². The third kappa shape index (κ3) is 26.0. The van der Waals surface area contributed by atoms with Crippen molar-refractivity contribution in [2.24, 2.45) is 0 Å². The molecule has 0 radical (unpaired) electrons. The lowest BCUT2D eigenvalue weighted by atomic mass is 9.88. The number of likely N-dealkylation sites (tertiary alicyclic amines) is 5. The van der Waals surface area contributed by atoms with Crippen molar-refractivity contribution in [2.75, 3.05) is 101 Å². The highest BCUT2D eigenvalue weighted by Gasteiger charge is 2.37. The zero-order chi connectivity index (χ0) is 107. The maximum Gasteiger partial charge on any atom is 0.115 e. The molecular formula is C105H130Cl5N5O5. The first-order chi connectivity index (χ1) is 68.4. The minimum atomic E-state index is -2.92. The molecule has 0 aliphatic carbocycles. The first kappa shape index (κ1) is 64.1. The highest BCUT2D eigenvalue weighted by atomic mass is 35.5. The zero-order valence-corrected chi connectivity index (χ0v) is 72.7. The second kappa shape index (κ2) is 46.3. The van der Waals surface area contributed by atoms with Crippen LogP contribution in [0.2, 0.25) is 25.1 Å². The number of rotatable bonds is 30. The largest absolute Gasteiger partial charge is 0.366 e. The van der Waals surface area contributed by atoms with E-state index in [9.17, 15) is 0 Å². The van der Waals surface area contributed by atoms with Gasteiger partial charge in [-0.05, 0) is 315 Å². The summed E-state index contributed by atoms with van der Waals surface area (Å²) < 4.78 is 248. The SMILES string of the molecule is [2H]C([2H])(CO[C@@](c1ccccc1)(c1ccc(Cl)cc1)C([2H])([2H])[2H])[C@H]1CCCN1C.[2H]C([2H])(C[C@H]1CCCN1C)O[C@@](c1ccccc1)(c1ccc(Cl)cc1)C([2H])([2H])[2H].[2H]C([2H])(O[C@@](c1ccccc1)(c1ccc(Cl)cc1)C([2H])([2H])[2H])C([2H])([2H])[C@H]1CCCN1C.[2H]C([2H])([2H])N1CCC[C@@H]1CCO[C@@](c1ccccc1)(c1ccc(Cl)cc1)C([2H])([2H])[2H].[2H]C([2H])([2H])[C@](OCC[C@H]1CCCN1C)(c1ccccc1)c1ccc(Cl)cc1. The number of nitrogens with zero attached hydrogens (tertiary/aromatic N) is 5. The quantitative estimate of drug-likeness (QED) is 0.0435. The maximum absolute atomic E-state index is 8.63. The van der Waals surface area contributed by atoms with Crippen molar-refractivity contribution in [1.29, 1.82) is 0 Å². The summed E-state index contributed by atoms with van der Waals surface area (Å²) in [6.07, 6.45) is 5.78. The van der Waals surface area contributed by atoms with Crippen molar-refractivity contribution >= 4 is 58.0 Å². The average molecular weight is 1750 g/mol. The Balaban J connectivity index is 0.000000174. The first-order valence-electron chi connectivity index (χ1n) is 54.3. The third-order valence-corrected chi connectivity index (χ3v) is 24.3. The second-order valence-corrected chi connectivity index (χ2v) is 33.3. The van der Waals surface area contributed by atoms with E-state index in [0.717, 1.165) is 77.4 Å². The zero-order valence-electron chi connectivity index (χ0n) is 94.9. The number of ether oxygens (including phenoxy) is 5. The van der Waals surface area contributed by atoms with Crippen LogP contribution in [0.1, 0.15) is 222 Å². The van der Waals surface area contributed by atoms with Gasteiger partial charge in [0.1, 0.15) is 28.0 Å². The Bertz CT molecular complexity index is 5690. The molecule has 0 N–H and O–H groups in total. The van der Waals surface area contributed by atoms with E-state index in [-0.39, 0.29) is 48.9 Å². The fourth-order valence-corrected chi connectivity index (χ4v) is 16.3. The van der Waals surface area contributed by atoms with Crippen molar-refractivity contribution in [3.8, 4) is 0 Å². The van der Waals surface area contributed by atoms with E-state index in [1.54, 1.807) is 218 Å². The van der Waals surface area contributed by atoms with Gasteiger partial charge >= 0.3 is 0 Å². The summed E-state index contributed by atoms with van der Waals surface area (Å²) in [5, 5.41) is 2.42. The van der Waals surface area contributed by atoms with Crippen LogP contribution in [-0.2, 0) is 51.7 Å². The molecule has 10 aromatic rings. The topological polar surface area (TPSA) is 62.4 Å². The molecule has 10 nitrogen and oxygen atoms in total. The molecule has 0 unspecified atom stereocenters. The van der Waals surface area contributed by atoms with Gasteiger partial charge in [0, 0.05) is 118 Å². The predicted octanol–water partition coefficient (Wildman–Crippen LogP) is 25.5. The normalized spacial score (nSPS) is 25.2. The second-order valence-electron chi connectivity index (χ2n) is 31.2. The Labute approximate surface area is 781 Å². The lowest BCUT2D eigenvalue weighted by molar-refractivity contribution is -0.0119. The highest BCUT2D eigenvalue weighted by Crippen LogP contribution is 2.41. The number of hydrogen-bond acceptors (Lipinski definition) is 10. The van der Waals surface area contributed by atoms with Crippen molar-refractivity contribution in [3.63, 3.8) is 0 Å². The Morgan fingerprint density at radius 2 is 0.492 bits per heavy atom. The van der Waals surface area contributed by atoms with E-state index in [4.69, 9.17) is 117 Å². The van der Waals surface area contributed by atoms with Gasteiger partial charge in [-0.3, -0.25) is 0 Å². The molecular weight excluding hydrogens is 1590 g/mol. The van der Waals surface area contributed by atoms with E-state index in [1.165, 1.54) is 35.6 Å². The number of halogens is 5. The molecule has 0 bridgehead atoms. The molecule has 5 aliphatic rings. The van der Waals surface area contributed by atoms with Crippen molar-refractivity contribution in [1.82, 2.24) is 24.5 Å².